The van der Waals surface area contributed by atoms with Gasteiger partial charge in [-0.25, -0.2) is 4.39 Å². The zero-order chi connectivity index (χ0) is 20.7. The Morgan fingerprint density at radius 3 is 2.13 bits per heavy atom. The molecule has 0 unspecified atom stereocenters. The van der Waals surface area contributed by atoms with Crippen molar-refractivity contribution < 1.29 is 23.0 Å². The molecular weight excluding hydrogens is 386 g/mol. The van der Waals surface area contributed by atoms with Crippen LogP contribution >= 0.6 is 0 Å². The van der Waals surface area contributed by atoms with Crippen LogP contribution in [-0.2, 0) is 6.61 Å². The van der Waals surface area contributed by atoms with Gasteiger partial charge in [-0.15, -0.1) is 0 Å². The highest BCUT2D eigenvalue weighted by atomic mass is 19.1. The van der Waals surface area contributed by atoms with Crippen molar-refractivity contribution in [1.82, 2.24) is 0 Å². The lowest BCUT2D eigenvalue weighted by Gasteiger charge is -2.29. The van der Waals surface area contributed by atoms with Crippen LogP contribution in [0.3, 0.4) is 0 Å². The van der Waals surface area contributed by atoms with Gasteiger partial charge in [0.2, 0.25) is 5.82 Å². The summed E-state index contributed by atoms with van der Waals surface area (Å²) < 4.78 is 46.6. The van der Waals surface area contributed by atoms with Crippen molar-refractivity contribution in [2.45, 2.75) is 52.1 Å². The summed E-state index contributed by atoms with van der Waals surface area (Å²) in [5, 5.41) is 0. The summed E-state index contributed by atoms with van der Waals surface area (Å²) in [5.41, 5.74) is 1.61. The van der Waals surface area contributed by atoms with Crippen LogP contribution in [0.4, 0.5) is 8.78 Å². The van der Waals surface area contributed by atoms with E-state index >= 15 is 4.39 Å². The monoisotopic (exact) mass is 414 g/mol. The molecular formula is C25H28F2O3. The Hall–Kier alpha value is -2.30. The van der Waals surface area contributed by atoms with Crippen molar-refractivity contribution in [3.05, 3.63) is 41.5 Å². The van der Waals surface area contributed by atoms with E-state index in [9.17, 15) is 4.39 Å². The summed E-state index contributed by atoms with van der Waals surface area (Å²) in [6.07, 6.45) is 7.73. The van der Waals surface area contributed by atoms with Crippen LogP contribution in [0.25, 0.3) is 11.1 Å². The Morgan fingerprint density at radius 2 is 1.47 bits per heavy atom. The largest absolute Gasteiger partial charge is 0.491 e. The van der Waals surface area contributed by atoms with Crippen molar-refractivity contribution in [2.24, 2.45) is 17.8 Å². The molecule has 0 radical (unpaired) electrons. The summed E-state index contributed by atoms with van der Waals surface area (Å²) >= 11 is 0. The first-order valence-corrected chi connectivity index (χ1v) is 11.2. The molecule has 0 spiro atoms. The fraction of sp³-hybridized carbons (Fsp3) is 0.520. The molecule has 1 aliphatic heterocycles. The van der Waals surface area contributed by atoms with E-state index in [1.807, 2.05) is 0 Å². The van der Waals surface area contributed by atoms with Gasteiger partial charge in [0.05, 0.1) is 13.2 Å². The molecule has 30 heavy (non-hydrogen) atoms. The zero-order valence-corrected chi connectivity index (χ0v) is 17.4. The predicted molar refractivity (Wildman–Crippen MR) is 111 cm³/mol. The van der Waals surface area contributed by atoms with Gasteiger partial charge in [0.25, 0.3) is 0 Å². The fourth-order valence-corrected chi connectivity index (χ4v) is 5.01. The Morgan fingerprint density at radius 1 is 0.833 bits per heavy atom. The van der Waals surface area contributed by atoms with Gasteiger partial charge in [-0.2, -0.15) is 4.39 Å². The molecule has 0 atom stereocenters. The Kier molecular flexibility index (Phi) is 5.30. The summed E-state index contributed by atoms with van der Waals surface area (Å²) in [6.45, 7) is 2.69. The fourth-order valence-electron chi connectivity index (χ4n) is 5.01. The maximum atomic E-state index is 15.2. The van der Waals surface area contributed by atoms with Crippen molar-refractivity contribution in [2.75, 3.05) is 13.2 Å². The average Bonchev–Trinajstić information content (AvgIpc) is 3.61. The van der Waals surface area contributed by atoms with E-state index < -0.39 is 11.6 Å². The molecule has 5 rings (SSSR count). The maximum absolute atomic E-state index is 15.2. The number of rotatable bonds is 6. The smallest absolute Gasteiger partial charge is 0.207 e. The SMILES string of the molecule is CCOc1ccc2c(c1F)OCc1c-2ccc(OCC2CCC(C3CC3)CC2)c1F. The lowest BCUT2D eigenvalue weighted by molar-refractivity contribution is 0.169. The van der Waals surface area contributed by atoms with Crippen LogP contribution in [0, 0.1) is 29.4 Å². The number of halogens is 2. The molecule has 3 nitrogen and oxygen atoms in total. The minimum Gasteiger partial charge on any atom is -0.491 e. The molecule has 0 bridgehead atoms. The topological polar surface area (TPSA) is 27.7 Å². The standard InChI is InChI=1S/C25H28F2O3/c1-2-28-22-12-10-19-18-9-11-21(23(26)20(18)14-30-25(19)24(22)27)29-13-15-3-5-16(6-4-15)17-7-8-17/h9-12,15-17H,2-8,13-14H2,1H3. The van der Waals surface area contributed by atoms with Gasteiger partial charge in [-0.3, -0.25) is 0 Å². The lowest BCUT2D eigenvalue weighted by Crippen LogP contribution is -2.21. The zero-order valence-electron chi connectivity index (χ0n) is 17.4. The highest BCUT2D eigenvalue weighted by Crippen LogP contribution is 2.46. The molecule has 5 heteroatoms. The molecule has 2 saturated carbocycles. The van der Waals surface area contributed by atoms with Crippen LogP contribution < -0.4 is 14.2 Å². The van der Waals surface area contributed by atoms with Crippen molar-refractivity contribution in [1.29, 1.82) is 0 Å². The van der Waals surface area contributed by atoms with Crippen LogP contribution in [0.5, 0.6) is 17.2 Å². The first-order chi connectivity index (χ1) is 14.7. The molecule has 3 aliphatic rings. The van der Waals surface area contributed by atoms with Crippen LogP contribution in [-0.4, -0.2) is 13.2 Å². The van der Waals surface area contributed by atoms with E-state index in [2.05, 4.69) is 0 Å². The minimum absolute atomic E-state index is 0.0235. The quantitative estimate of drug-likeness (QED) is 0.539. The summed E-state index contributed by atoms with van der Waals surface area (Å²) in [6, 6.07) is 6.75. The first kappa shape index (κ1) is 19.7. The second-order valence-corrected chi connectivity index (χ2v) is 8.81. The van der Waals surface area contributed by atoms with E-state index in [-0.39, 0.29) is 23.9 Å². The molecule has 0 N–H and O–H groups in total. The molecule has 1 heterocycles. The molecule has 0 amide bonds. The second kappa shape index (κ2) is 8.09. The maximum Gasteiger partial charge on any atom is 0.207 e. The third-order valence-corrected chi connectivity index (χ3v) is 6.87. The third-order valence-electron chi connectivity index (χ3n) is 6.87. The predicted octanol–water partition coefficient (Wildman–Crippen LogP) is 6.52. The van der Waals surface area contributed by atoms with Gasteiger partial charge >= 0.3 is 0 Å². The van der Waals surface area contributed by atoms with E-state index in [1.54, 1.807) is 31.2 Å². The van der Waals surface area contributed by atoms with Gasteiger partial charge < -0.3 is 14.2 Å². The van der Waals surface area contributed by atoms with E-state index in [0.717, 1.165) is 11.8 Å². The van der Waals surface area contributed by atoms with E-state index in [4.69, 9.17) is 14.2 Å². The number of hydrogen-bond acceptors (Lipinski definition) is 3. The Bertz CT molecular complexity index is 930. The first-order valence-electron chi connectivity index (χ1n) is 11.2. The Balaban J connectivity index is 1.30. The third kappa shape index (κ3) is 3.63. The van der Waals surface area contributed by atoms with Gasteiger partial charge in [-0.1, -0.05) is 0 Å². The van der Waals surface area contributed by atoms with Crippen LogP contribution in [0.2, 0.25) is 0 Å². The molecule has 2 fully saturated rings. The minimum atomic E-state index is -0.539. The molecule has 0 saturated heterocycles. The van der Waals surface area contributed by atoms with E-state index in [0.29, 0.717) is 35.8 Å². The van der Waals surface area contributed by atoms with Crippen molar-refractivity contribution >= 4 is 0 Å². The normalized spacial score (nSPS) is 22.6. The second-order valence-electron chi connectivity index (χ2n) is 8.81. The molecule has 0 aromatic heterocycles. The highest BCUT2D eigenvalue weighted by molar-refractivity contribution is 5.77. The van der Waals surface area contributed by atoms with Gasteiger partial charge in [0, 0.05) is 11.1 Å². The van der Waals surface area contributed by atoms with Gasteiger partial charge in [0.1, 0.15) is 6.61 Å². The summed E-state index contributed by atoms with van der Waals surface area (Å²) in [5.74, 6) is 1.96. The van der Waals surface area contributed by atoms with Gasteiger partial charge in [-0.05, 0) is 93.0 Å². The molecule has 2 aromatic carbocycles. The van der Waals surface area contributed by atoms with Gasteiger partial charge in [0.15, 0.2) is 23.1 Å². The number of fused-ring (bicyclic) bond motifs is 3. The van der Waals surface area contributed by atoms with Crippen LogP contribution in [0.15, 0.2) is 24.3 Å². The lowest BCUT2D eigenvalue weighted by atomic mass is 9.80. The van der Waals surface area contributed by atoms with Crippen LogP contribution in [0.1, 0.15) is 51.0 Å². The molecule has 2 aromatic rings. The highest BCUT2D eigenvalue weighted by Gasteiger charge is 2.34. The number of hydrogen-bond donors (Lipinski definition) is 0. The summed E-state index contributed by atoms with van der Waals surface area (Å²) in [7, 11) is 0. The van der Waals surface area contributed by atoms with Crippen molar-refractivity contribution in [3.63, 3.8) is 0 Å². The van der Waals surface area contributed by atoms with Crippen molar-refractivity contribution in [3.8, 4) is 28.4 Å². The number of benzene rings is 2. The van der Waals surface area contributed by atoms with E-state index in [1.165, 1.54) is 38.5 Å². The average molecular weight is 414 g/mol. The Labute approximate surface area is 176 Å². The molecule has 160 valence electrons. The summed E-state index contributed by atoms with van der Waals surface area (Å²) in [4.78, 5) is 0. The number of ether oxygens (including phenoxy) is 3. The molecule has 2 aliphatic carbocycles.